The number of nitro groups is 1. The second-order valence-electron chi connectivity index (χ2n) is 11.3. The number of hydrogen-bond donors (Lipinski definition) is 2. The molecule has 1 atom stereocenters. The summed E-state index contributed by atoms with van der Waals surface area (Å²) in [4.78, 5) is 35.7. The fraction of sp³-hybridized carbons (Fsp3) is 0.212. The number of aryl methyl sites for hydroxylation is 1. The van der Waals surface area contributed by atoms with Crippen LogP contribution in [0.5, 0.6) is 11.5 Å². The van der Waals surface area contributed by atoms with Crippen molar-refractivity contribution < 1.29 is 22.9 Å². The largest absolute Gasteiger partial charge is 0.455 e. The molecular formula is C33H30N6O6S. The number of sulfonamides is 1. The van der Waals surface area contributed by atoms with Gasteiger partial charge in [-0.15, -0.1) is 0 Å². The van der Waals surface area contributed by atoms with Crippen molar-refractivity contribution in [2.45, 2.75) is 23.8 Å². The average molecular weight is 639 g/mol. The number of carbonyl (C=O) groups excluding carboxylic acids is 1. The second kappa shape index (κ2) is 11.9. The van der Waals surface area contributed by atoms with Gasteiger partial charge in [0.25, 0.3) is 21.6 Å². The van der Waals surface area contributed by atoms with Crippen LogP contribution in [0.1, 0.15) is 33.9 Å². The van der Waals surface area contributed by atoms with Crippen LogP contribution in [0.25, 0.3) is 11.0 Å². The van der Waals surface area contributed by atoms with E-state index in [1.54, 1.807) is 24.4 Å². The summed E-state index contributed by atoms with van der Waals surface area (Å²) in [6.45, 7) is 3.27. The lowest BCUT2D eigenvalue weighted by atomic mass is 10.1. The molecule has 0 radical (unpaired) electrons. The Morgan fingerprint density at radius 2 is 1.83 bits per heavy atom. The maximum Gasteiger partial charge on any atom is 0.270 e. The van der Waals surface area contributed by atoms with Crippen LogP contribution in [0.2, 0.25) is 0 Å². The molecule has 1 saturated heterocycles. The molecule has 234 valence electrons. The van der Waals surface area contributed by atoms with E-state index in [0.717, 1.165) is 56.2 Å². The SMILES string of the molecule is O=C(NS(=O)(=O)c1cccc([N+](=O)[O-])c1)c1ccc(N2CCN(C3CCc4ccccc43)CC2)cc1Oc1cnc2[nH]ccc2c1. The Morgan fingerprint density at radius 3 is 2.65 bits per heavy atom. The molecule has 7 rings (SSSR count). The summed E-state index contributed by atoms with van der Waals surface area (Å²) in [5.41, 5.74) is 3.90. The van der Waals surface area contributed by atoms with Crippen LogP contribution in [0, 0.1) is 10.1 Å². The number of nitrogens with zero attached hydrogens (tertiary/aromatic N) is 4. The third-order valence-electron chi connectivity index (χ3n) is 8.60. The number of fused-ring (bicyclic) bond motifs is 2. The molecule has 5 aromatic rings. The van der Waals surface area contributed by atoms with Gasteiger partial charge in [-0.2, -0.15) is 0 Å². The number of piperazine rings is 1. The number of nitro benzene ring substituents is 1. The van der Waals surface area contributed by atoms with E-state index in [2.05, 4.69) is 44.0 Å². The molecule has 12 nitrogen and oxygen atoms in total. The molecule has 1 amide bonds. The molecule has 2 aromatic heterocycles. The summed E-state index contributed by atoms with van der Waals surface area (Å²) in [5, 5.41) is 12.0. The van der Waals surface area contributed by atoms with Crippen molar-refractivity contribution in [2.24, 2.45) is 0 Å². The lowest BCUT2D eigenvalue weighted by molar-refractivity contribution is -0.385. The number of hydrogen-bond acceptors (Lipinski definition) is 9. The molecule has 1 unspecified atom stereocenters. The minimum atomic E-state index is -4.43. The highest BCUT2D eigenvalue weighted by atomic mass is 32.2. The van der Waals surface area contributed by atoms with Crippen molar-refractivity contribution in [3.8, 4) is 11.5 Å². The number of pyridine rings is 1. The van der Waals surface area contributed by atoms with Gasteiger partial charge in [0.05, 0.1) is 21.6 Å². The first-order valence-corrected chi connectivity index (χ1v) is 16.4. The summed E-state index contributed by atoms with van der Waals surface area (Å²) < 4.78 is 34.4. The first-order valence-electron chi connectivity index (χ1n) is 14.9. The van der Waals surface area contributed by atoms with Gasteiger partial charge < -0.3 is 14.6 Å². The number of aromatic amines is 1. The van der Waals surface area contributed by atoms with Crippen molar-refractivity contribution in [1.29, 1.82) is 0 Å². The molecule has 13 heteroatoms. The standard InChI is InChI=1S/C33H30N6O6S/c40-33(36-46(43,44)27-6-3-5-25(19-27)39(41)42)29-10-9-24(20-31(29)45-26-18-23-12-13-34-32(23)35-21-26)37-14-16-38(17-15-37)30-11-8-22-4-1-2-7-28(22)30/h1-7,9-10,12-13,18-21,30H,8,11,14-17H2,(H,34,35)(H,36,40). The van der Waals surface area contributed by atoms with Crippen LogP contribution >= 0.6 is 0 Å². The fourth-order valence-corrected chi connectivity index (χ4v) is 7.29. The van der Waals surface area contributed by atoms with Crippen LogP contribution in [-0.2, 0) is 16.4 Å². The predicted octanol–water partition coefficient (Wildman–Crippen LogP) is 5.19. The zero-order valence-electron chi connectivity index (χ0n) is 24.6. The topological polar surface area (TPSA) is 151 Å². The fourth-order valence-electron chi connectivity index (χ4n) is 6.29. The zero-order valence-corrected chi connectivity index (χ0v) is 25.4. The number of carbonyl (C=O) groups is 1. The molecule has 2 aliphatic rings. The van der Waals surface area contributed by atoms with Gasteiger partial charge in [0.1, 0.15) is 17.1 Å². The van der Waals surface area contributed by atoms with Gasteiger partial charge in [0, 0.05) is 67.7 Å². The number of nitrogens with one attached hydrogen (secondary N) is 2. The van der Waals surface area contributed by atoms with Gasteiger partial charge in [0.15, 0.2) is 0 Å². The highest BCUT2D eigenvalue weighted by Gasteiger charge is 2.31. The number of rotatable bonds is 8. The van der Waals surface area contributed by atoms with Crippen molar-refractivity contribution >= 4 is 38.3 Å². The molecule has 3 heterocycles. The monoisotopic (exact) mass is 638 g/mol. The Balaban J connectivity index is 1.15. The van der Waals surface area contributed by atoms with Gasteiger partial charge in [-0.25, -0.2) is 18.1 Å². The number of anilines is 1. The molecule has 0 bridgehead atoms. The number of ether oxygens (including phenoxy) is 1. The van der Waals surface area contributed by atoms with Crippen molar-refractivity contribution in [2.75, 3.05) is 31.1 Å². The minimum Gasteiger partial charge on any atom is -0.455 e. The van der Waals surface area contributed by atoms with Crippen molar-refractivity contribution in [3.05, 3.63) is 118 Å². The molecule has 1 fully saturated rings. The van der Waals surface area contributed by atoms with Gasteiger partial charge in [-0.1, -0.05) is 30.3 Å². The summed E-state index contributed by atoms with van der Waals surface area (Å²) in [5.74, 6) is -0.425. The highest BCUT2D eigenvalue weighted by molar-refractivity contribution is 7.90. The van der Waals surface area contributed by atoms with Crippen molar-refractivity contribution in [3.63, 3.8) is 0 Å². The second-order valence-corrected chi connectivity index (χ2v) is 13.0. The Morgan fingerprint density at radius 1 is 1.00 bits per heavy atom. The molecule has 2 N–H and O–H groups in total. The Kier molecular flexibility index (Phi) is 7.62. The first kappa shape index (κ1) is 29.4. The molecule has 46 heavy (non-hydrogen) atoms. The number of benzene rings is 3. The molecular weight excluding hydrogens is 608 g/mol. The molecule has 1 aliphatic carbocycles. The Labute approximate surface area is 264 Å². The lowest BCUT2D eigenvalue weighted by Crippen LogP contribution is -2.47. The van der Waals surface area contributed by atoms with E-state index in [1.165, 1.54) is 41.6 Å². The van der Waals surface area contributed by atoms with E-state index in [-0.39, 0.29) is 11.3 Å². The number of amides is 1. The maximum absolute atomic E-state index is 13.5. The van der Waals surface area contributed by atoms with Crippen LogP contribution in [0.3, 0.4) is 0 Å². The van der Waals surface area contributed by atoms with Crippen LogP contribution in [-0.4, -0.2) is 60.3 Å². The van der Waals surface area contributed by atoms with E-state index in [1.807, 2.05) is 10.8 Å². The zero-order chi connectivity index (χ0) is 31.8. The van der Waals surface area contributed by atoms with Gasteiger partial charge in [-0.05, 0) is 54.3 Å². The smallest absolute Gasteiger partial charge is 0.270 e. The summed E-state index contributed by atoms with van der Waals surface area (Å²) in [6, 6.07) is 22.2. The predicted molar refractivity (Wildman–Crippen MR) is 172 cm³/mol. The number of non-ortho nitro benzene ring substituents is 1. The van der Waals surface area contributed by atoms with E-state index >= 15 is 0 Å². The normalized spacial score (nSPS) is 16.7. The maximum atomic E-state index is 13.5. The number of aromatic nitrogens is 2. The van der Waals surface area contributed by atoms with Crippen LogP contribution < -0.4 is 14.4 Å². The van der Waals surface area contributed by atoms with Gasteiger partial charge in [-0.3, -0.25) is 19.8 Å². The third-order valence-corrected chi connectivity index (χ3v) is 9.93. The minimum absolute atomic E-state index is 0.0203. The van der Waals surface area contributed by atoms with E-state index in [9.17, 15) is 23.3 Å². The quantitative estimate of drug-likeness (QED) is 0.173. The van der Waals surface area contributed by atoms with E-state index in [4.69, 9.17) is 4.74 Å². The summed E-state index contributed by atoms with van der Waals surface area (Å²) in [7, 11) is -4.43. The molecule has 0 spiro atoms. The Bertz CT molecular complexity index is 2070. The lowest BCUT2D eigenvalue weighted by Gasteiger charge is -2.39. The van der Waals surface area contributed by atoms with Crippen LogP contribution in [0.15, 0.2) is 96.2 Å². The highest BCUT2D eigenvalue weighted by Crippen LogP contribution is 2.37. The summed E-state index contributed by atoms with van der Waals surface area (Å²) >= 11 is 0. The van der Waals surface area contributed by atoms with Crippen LogP contribution in [0.4, 0.5) is 11.4 Å². The molecule has 3 aromatic carbocycles. The summed E-state index contributed by atoms with van der Waals surface area (Å²) in [6.07, 6.45) is 5.47. The number of H-pyrrole nitrogens is 1. The third kappa shape index (κ3) is 5.77. The first-order chi connectivity index (χ1) is 22.2. The Hall–Kier alpha value is -5.27. The van der Waals surface area contributed by atoms with Crippen molar-refractivity contribution in [1.82, 2.24) is 19.6 Å². The van der Waals surface area contributed by atoms with E-state index in [0.29, 0.717) is 17.4 Å². The van der Waals surface area contributed by atoms with E-state index < -0.39 is 31.4 Å². The van der Waals surface area contributed by atoms with Gasteiger partial charge in [0.2, 0.25) is 0 Å². The average Bonchev–Trinajstić information content (AvgIpc) is 3.72. The molecule has 0 saturated carbocycles. The van der Waals surface area contributed by atoms with Gasteiger partial charge >= 0.3 is 0 Å². The molecule has 1 aliphatic heterocycles.